The number of rotatable bonds is 2. The zero-order valence-electron chi connectivity index (χ0n) is 10.9. The summed E-state index contributed by atoms with van der Waals surface area (Å²) in [6.07, 6.45) is 2.47. The lowest BCUT2D eigenvalue weighted by Gasteiger charge is -2.24. The van der Waals surface area contributed by atoms with E-state index >= 15 is 0 Å². The van der Waals surface area contributed by atoms with Gasteiger partial charge in [-0.25, -0.2) is 0 Å². The Morgan fingerprint density at radius 1 is 1.41 bits per heavy atom. The third kappa shape index (κ3) is 3.47. The third-order valence-corrected chi connectivity index (χ3v) is 3.57. The maximum Gasteiger partial charge on any atom is 0.193 e. The Hall–Kier alpha value is -0.0400. The number of ether oxygens (including phenoxy) is 1. The monoisotopic (exact) mass is 353 g/mol. The lowest BCUT2D eigenvalue weighted by atomic mass is 9.87. The molecule has 1 spiro atoms. The summed E-state index contributed by atoms with van der Waals surface area (Å²) in [5.74, 6) is 1.08. The summed E-state index contributed by atoms with van der Waals surface area (Å²) < 4.78 is 5.54. The van der Waals surface area contributed by atoms with Crippen molar-refractivity contribution < 1.29 is 4.74 Å². The Balaban J connectivity index is 0.00000144. The van der Waals surface area contributed by atoms with E-state index in [1.807, 2.05) is 0 Å². The molecule has 0 aromatic rings. The average Bonchev–Trinajstić information content (AvgIpc) is 2.90. The van der Waals surface area contributed by atoms with Gasteiger partial charge < -0.3 is 15.0 Å². The summed E-state index contributed by atoms with van der Waals surface area (Å²) in [5.41, 5.74) is 0.421. The highest BCUT2D eigenvalue weighted by atomic mass is 127. The topological polar surface area (TPSA) is 36.9 Å². The summed E-state index contributed by atoms with van der Waals surface area (Å²) in [7, 11) is 0. The van der Waals surface area contributed by atoms with Gasteiger partial charge in [0.2, 0.25) is 0 Å². The predicted octanol–water partition coefficient (Wildman–Crippen LogP) is 1.70. The first kappa shape index (κ1) is 15.0. The van der Waals surface area contributed by atoms with Gasteiger partial charge in [0.15, 0.2) is 5.96 Å². The van der Waals surface area contributed by atoms with Crippen LogP contribution in [0.25, 0.3) is 0 Å². The molecule has 2 fully saturated rings. The van der Waals surface area contributed by atoms with Gasteiger partial charge in [0.25, 0.3) is 0 Å². The summed E-state index contributed by atoms with van der Waals surface area (Å²) in [6.45, 7) is 10.1. The van der Waals surface area contributed by atoms with Crippen molar-refractivity contribution in [1.29, 1.82) is 0 Å². The van der Waals surface area contributed by atoms with E-state index in [0.29, 0.717) is 5.41 Å². The summed E-state index contributed by atoms with van der Waals surface area (Å²) in [5, 5.41) is 3.37. The maximum atomic E-state index is 5.54. The van der Waals surface area contributed by atoms with Crippen molar-refractivity contribution >= 4 is 29.9 Å². The first-order valence-electron chi connectivity index (χ1n) is 6.41. The van der Waals surface area contributed by atoms with Crippen LogP contribution in [0.4, 0.5) is 0 Å². The van der Waals surface area contributed by atoms with Crippen LogP contribution in [0.3, 0.4) is 0 Å². The van der Waals surface area contributed by atoms with Crippen molar-refractivity contribution in [3.63, 3.8) is 0 Å². The molecule has 100 valence electrons. The molecule has 2 heterocycles. The van der Waals surface area contributed by atoms with Crippen LogP contribution in [0, 0.1) is 5.41 Å². The first-order valence-corrected chi connectivity index (χ1v) is 6.41. The van der Waals surface area contributed by atoms with Crippen molar-refractivity contribution in [2.75, 3.05) is 39.4 Å². The number of halogens is 1. The second-order valence-electron chi connectivity index (χ2n) is 4.80. The van der Waals surface area contributed by atoms with Gasteiger partial charge in [-0.15, -0.1) is 24.0 Å². The molecule has 17 heavy (non-hydrogen) atoms. The molecular weight excluding hydrogens is 329 g/mol. The average molecular weight is 353 g/mol. The van der Waals surface area contributed by atoms with Gasteiger partial charge in [-0.05, 0) is 26.7 Å². The number of nitrogens with zero attached hydrogens (tertiary/aromatic N) is 2. The molecule has 1 atom stereocenters. The molecule has 4 nitrogen and oxygen atoms in total. The van der Waals surface area contributed by atoms with Crippen LogP contribution in [0.2, 0.25) is 0 Å². The summed E-state index contributed by atoms with van der Waals surface area (Å²) in [4.78, 5) is 6.93. The first-order chi connectivity index (χ1) is 7.79. The Morgan fingerprint density at radius 3 is 2.82 bits per heavy atom. The van der Waals surface area contributed by atoms with Crippen LogP contribution in [-0.2, 0) is 4.74 Å². The quantitative estimate of drug-likeness (QED) is 0.467. The van der Waals surface area contributed by atoms with Gasteiger partial charge in [0.05, 0.1) is 6.61 Å². The molecule has 2 saturated heterocycles. The molecular formula is C12H24IN3O. The van der Waals surface area contributed by atoms with E-state index in [9.17, 15) is 0 Å². The highest BCUT2D eigenvalue weighted by Gasteiger charge is 2.42. The van der Waals surface area contributed by atoms with Crippen LogP contribution in [0.15, 0.2) is 4.99 Å². The van der Waals surface area contributed by atoms with E-state index in [1.165, 1.54) is 12.8 Å². The van der Waals surface area contributed by atoms with Gasteiger partial charge in [-0.1, -0.05) is 0 Å². The SMILES string of the molecule is CCN=C(NCC)N1CCC2(CCOC2)C1.I. The number of likely N-dealkylation sites (tertiary alicyclic amines) is 1. The fraction of sp³-hybridized carbons (Fsp3) is 0.917. The molecule has 5 heteroatoms. The molecule has 2 rings (SSSR count). The Kier molecular flexibility index (Phi) is 5.99. The number of hydrogen-bond donors (Lipinski definition) is 1. The maximum absolute atomic E-state index is 5.54. The number of nitrogens with one attached hydrogen (secondary N) is 1. The second kappa shape index (κ2) is 6.78. The highest BCUT2D eigenvalue weighted by Crippen LogP contribution is 2.38. The highest BCUT2D eigenvalue weighted by molar-refractivity contribution is 14.0. The molecule has 1 unspecified atom stereocenters. The minimum absolute atomic E-state index is 0. The number of hydrogen-bond acceptors (Lipinski definition) is 2. The smallest absolute Gasteiger partial charge is 0.193 e. The van der Waals surface area contributed by atoms with E-state index in [4.69, 9.17) is 4.74 Å². The van der Waals surface area contributed by atoms with Crippen LogP contribution >= 0.6 is 24.0 Å². The van der Waals surface area contributed by atoms with E-state index in [-0.39, 0.29) is 24.0 Å². The number of aliphatic imine (C=N–C) groups is 1. The Bertz CT molecular complexity index is 264. The van der Waals surface area contributed by atoms with Crippen molar-refractivity contribution in [2.24, 2.45) is 10.4 Å². The van der Waals surface area contributed by atoms with Crippen molar-refractivity contribution in [1.82, 2.24) is 10.2 Å². The fourth-order valence-electron chi connectivity index (χ4n) is 2.66. The largest absolute Gasteiger partial charge is 0.381 e. The number of guanidine groups is 1. The van der Waals surface area contributed by atoms with Crippen LogP contribution < -0.4 is 5.32 Å². The molecule has 0 radical (unpaired) electrons. The molecule has 0 aromatic carbocycles. The second-order valence-corrected chi connectivity index (χ2v) is 4.80. The summed E-state index contributed by atoms with van der Waals surface area (Å²) >= 11 is 0. The molecule has 0 aromatic heterocycles. The van der Waals surface area contributed by atoms with Crippen molar-refractivity contribution in [3.8, 4) is 0 Å². The molecule has 1 N–H and O–H groups in total. The van der Waals surface area contributed by atoms with E-state index < -0.39 is 0 Å². The van der Waals surface area contributed by atoms with E-state index in [1.54, 1.807) is 0 Å². The van der Waals surface area contributed by atoms with Gasteiger partial charge in [0.1, 0.15) is 0 Å². The minimum atomic E-state index is 0. The zero-order chi connectivity index (χ0) is 11.4. The lowest BCUT2D eigenvalue weighted by molar-refractivity contribution is 0.156. The Labute approximate surface area is 121 Å². The third-order valence-electron chi connectivity index (χ3n) is 3.57. The standard InChI is InChI=1S/C12H23N3O.HI/c1-3-13-11(14-4-2)15-7-5-12(9-15)6-8-16-10-12;/h3-10H2,1-2H3,(H,13,14);1H. The predicted molar refractivity (Wildman–Crippen MR) is 81.1 cm³/mol. The van der Waals surface area contributed by atoms with E-state index in [2.05, 4.69) is 29.1 Å². The van der Waals surface area contributed by atoms with Crippen molar-refractivity contribution in [2.45, 2.75) is 26.7 Å². The zero-order valence-corrected chi connectivity index (χ0v) is 13.2. The van der Waals surface area contributed by atoms with Gasteiger partial charge in [0, 0.05) is 38.2 Å². The van der Waals surface area contributed by atoms with Gasteiger partial charge >= 0.3 is 0 Å². The van der Waals surface area contributed by atoms with Crippen molar-refractivity contribution in [3.05, 3.63) is 0 Å². The molecule has 2 aliphatic heterocycles. The molecule has 0 aliphatic carbocycles. The van der Waals surface area contributed by atoms with Gasteiger partial charge in [-0.2, -0.15) is 0 Å². The normalized spacial score (nSPS) is 28.6. The molecule has 0 amide bonds. The lowest BCUT2D eigenvalue weighted by Crippen LogP contribution is -2.41. The molecule has 0 saturated carbocycles. The van der Waals surface area contributed by atoms with Gasteiger partial charge in [-0.3, -0.25) is 4.99 Å². The summed E-state index contributed by atoms with van der Waals surface area (Å²) in [6, 6.07) is 0. The Morgan fingerprint density at radius 2 is 2.24 bits per heavy atom. The van der Waals surface area contributed by atoms with Crippen LogP contribution in [0.1, 0.15) is 26.7 Å². The minimum Gasteiger partial charge on any atom is -0.381 e. The van der Waals surface area contributed by atoms with Crippen LogP contribution in [-0.4, -0.2) is 50.3 Å². The fourth-order valence-corrected chi connectivity index (χ4v) is 2.66. The van der Waals surface area contributed by atoms with Crippen LogP contribution in [0.5, 0.6) is 0 Å². The molecule has 0 bridgehead atoms. The molecule has 2 aliphatic rings. The van der Waals surface area contributed by atoms with E-state index in [0.717, 1.165) is 45.4 Å².